The topological polar surface area (TPSA) is 106 Å². The molecule has 1 aromatic carbocycles. The lowest BCUT2D eigenvalue weighted by atomic mass is 9.94. The fourth-order valence-electron chi connectivity index (χ4n) is 4.22. The number of carbonyl (C=O) groups excluding carboxylic acids is 1. The van der Waals surface area contributed by atoms with E-state index in [9.17, 15) is 14.0 Å². The van der Waals surface area contributed by atoms with E-state index < -0.39 is 24.1 Å². The van der Waals surface area contributed by atoms with Gasteiger partial charge in [-0.05, 0) is 42.9 Å². The van der Waals surface area contributed by atoms with Crippen LogP contribution in [-0.2, 0) is 4.74 Å². The summed E-state index contributed by atoms with van der Waals surface area (Å²) in [5, 5.41) is 20.3. The SMILES string of the molecule is CC(C)C(CC1CN(c2ccc(N3CCC(CC#N)CC3)c(F)c2)C(=O)O1)NC(=O)O. The Labute approximate surface area is 181 Å². The summed E-state index contributed by atoms with van der Waals surface area (Å²) in [6.07, 6.45) is 0.444. The number of amides is 2. The summed E-state index contributed by atoms with van der Waals surface area (Å²) < 4.78 is 20.3. The number of carboxylic acid groups (broad SMARTS) is 1. The largest absolute Gasteiger partial charge is 0.465 e. The first-order chi connectivity index (χ1) is 14.8. The quantitative estimate of drug-likeness (QED) is 0.675. The summed E-state index contributed by atoms with van der Waals surface area (Å²) in [5.74, 6) is 0.00290. The van der Waals surface area contributed by atoms with Crippen LogP contribution in [0.5, 0.6) is 0 Å². The Morgan fingerprint density at radius 1 is 1.39 bits per heavy atom. The Hall–Kier alpha value is -3.02. The van der Waals surface area contributed by atoms with Gasteiger partial charge in [0.1, 0.15) is 11.9 Å². The lowest BCUT2D eigenvalue weighted by Gasteiger charge is -2.33. The fourth-order valence-corrected chi connectivity index (χ4v) is 4.22. The molecule has 31 heavy (non-hydrogen) atoms. The van der Waals surface area contributed by atoms with E-state index in [1.165, 1.54) is 11.0 Å². The molecule has 2 atom stereocenters. The maximum atomic E-state index is 14.9. The van der Waals surface area contributed by atoms with E-state index >= 15 is 0 Å². The van der Waals surface area contributed by atoms with E-state index in [0.717, 1.165) is 12.8 Å². The molecule has 0 spiro atoms. The predicted molar refractivity (Wildman–Crippen MR) is 114 cm³/mol. The first-order valence-corrected chi connectivity index (χ1v) is 10.7. The van der Waals surface area contributed by atoms with Gasteiger partial charge in [-0.15, -0.1) is 0 Å². The van der Waals surface area contributed by atoms with E-state index in [4.69, 9.17) is 15.1 Å². The summed E-state index contributed by atoms with van der Waals surface area (Å²) in [6.45, 7) is 5.42. The molecule has 2 amide bonds. The number of rotatable bonds is 7. The summed E-state index contributed by atoms with van der Waals surface area (Å²) in [5.41, 5.74) is 0.911. The van der Waals surface area contributed by atoms with Gasteiger partial charge in [0.2, 0.25) is 0 Å². The van der Waals surface area contributed by atoms with Crippen molar-refractivity contribution in [3.05, 3.63) is 24.0 Å². The third kappa shape index (κ3) is 5.57. The molecule has 0 radical (unpaired) electrons. The van der Waals surface area contributed by atoms with Crippen LogP contribution in [0, 0.1) is 29.0 Å². The molecule has 3 rings (SSSR count). The molecular formula is C22H29FN4O4. The molecule has 0 bridgehead atoms. The monoisotopic (exact) mass is 432 g/mol. The Morgan fingerprint density at radius 3 is 2.68 bits per heavy atom. The molecule has 0 aliphatic carbocycles. The van der Waals surface area contributed by atoms with E-state index in [-0.39, 0.29) is 18.5 Å². The number of halogens is 1. The van der Waals surface area contributed by atoms with Crippen molar-refractivity contribution in [1.29, 1.82) is 5.26 Å². The van der Waals surface area contributed by atoms with Crippen molar-refractivity contribution >= 4 is 23.6 Å². The normalized spacial score (nSPS) is 20.5. The van der Waals surface area contributed by atoms with Crippen LogP contribution < -0.4 is 15.1 Å². The van der Waals surface area contributed by atoms with Crippen molar-refractivity contribution in [2.24, 2.45) is 11.8 Å². The third-order valence-electron chi connectivity index (χ3n) is 6.08. The molecule has 1 aromatic rings. The van der Waals surface area contributed by atoms with Crippen LogP contribution in [0.15, 0.2) is 18.2 Å². The van der Waals surface area contributed by atoms with E-state index in [1.807, 2.05) is 18.7 Å². The van der Waals surface area contributed by atoms with Crippen molar-refractivity contribution in [3.8, 4) is 6.07 Å². The number of piperidine rings is 1. The minimum Gasteiger partial charge on any atom is -0.465 e. The number of anilines is 2. The van der Waals surface area contributed by atoms with Gasteiger partial charge in [0.05, 0.1) is 24.0 Å². The van der Waals surface area contributed by atoms with Crippen molar-refractivity contribution in [1.82, 2.24) is 5.32 Å². The number of ether oxygens (including phenoxy) is 1. The second-order valence-electron chi connectivity index (χ2n) is 8.58. The molecule has 2 aliphatic heterocycles. The van der Waals surface area contributed by atoms with Gasteiger partial charge in [0, 0.05) is 32.0 Å². The first-order valence-electron chi connectivity index (χ1n) is 10.7. The summed E-state index contributed by atoms with van der Waals surface area (Å²) in [7, 11) is 0. The maximum absolute atomic E-state index is 14.9. The van der Waals surface area contributed by atoms with Gasteiger partial charge in [0.15, 0.2) is 0 Å². The summed E-state index contributed by atoms with van der Waals surface area (Å²) in [6, 6.07) is 6.58. The number of nitrogens with zero attached hydrogens (tertiary/aromatic N) is 3. The summed E-state index contributed by atoms with van der Waals surface area (Å²) >= 11 is 0. The molecule has 2 heterocycles. The van der Waals surface area contributed by atoms with Gasteiger partial charge in [-0.3, -0.25) is 4.90 Å². The molecule has 168 valence electrons. The zero-order valence-corrected chi connectivity index (χ0v) is 17.9. The van der Waals surface area contributed by atoms with Crippen molar-refractivity contribution in [3.63, 3.8) is 0 Å². The van der Waals surface area contributed by atoms with Crippen LogP contribution >= 0.6 is 0 Å². The molecule has 2 fully saturated rings. The minimum absolute atomic E-state index is 0.0397. The molecular weight excluding hydrogens is 403 g/mol. The van der Waals surface area contributed by atoms with Crippen molar-refractivity contribution in [2.45, 2.75) is 51.7 Å². The highest BCUT2D eigenvalue weighted by molar-refractivity contribution is 5.90. The number of nitriles is 1. The van der Waals surface area contributed by atoms with E-state index in [1.54, 1.807) is 12.1 Å². The van der Waals surface area contributed by atoms with Crippen molar-refractivity contribution < 1.29 is 23.8 Å². The van der Waals surface area contributed by atoms with Gasteiger partial charge in [-0.25, -0.2) is 14.0 Å². The Kier molecular flexibility index (Phi) is 7.21. The smallest absolute Gasteiger partial charge is 0.414 e. The standard InChI is InChI=1S/C22H29FN4O4/c1-14(2)19(25-21(28)29)12-17-13-27(22(30)31-17)16-3-4-20(18(23)11-16)26-9-6-15(5-8-24)7-10-26/h3-4,11,14-15,17,19,25H,5-7,9-10,12-13H2,1-2H3,(H,28,29). The Morgan fingerprint density at radius 2 is 2.10 bits per heavy atom. The Balaban J connectivity index is 1.64. The van der Waals surface area contributed by atoms with E-state index in [0.29, 0.717) is 43.2 Å². The number of carbonyl (C=O) groups is 2. The number of benzene rings is 1. The average molecular weight is 432 g/mol. The minimum atomic E-state index is -1.12. The van der Waals surface area contributed by atoms with Crippen molar-refractivity contribution in [2.75, 3.05) is 29.4 Å². The predicted octanol–water partition coefficient (Wildman–Crippen LogP) is 3.96. The molecule has 2 saturated heterocycles. The van der Waals surface area contributed by atoms with Crippen LogP contribution in [-0.4, -0.2) is 49.1 Å². The molecule has 9 heteroatoms. The second kappa shape index (κ2) is 9.86. The average Bonchev–Trinajstić information content (AvgIpc) is 3.08. The third-order valence-corrected chi connectivity index (χ3v) is 6.08. The Bertz CT molecular complexity index is 848. The van der Waals surface area contributed by atoms with Gasteiger partial charge in [-0.1, -0.05) is 13.8 Å². The van der Waals surface area contributed by atoms with E-state index in [2.05, 4.69) is 11.4 Å². The number of hydrogen-bond acceptors (Lipinski definition) is 5. The molecule has 8 nitrogen and oxygen atoms in total. The van der Waals surface area contributed by atoms with Gasteiger partial charge in [0.25, 0.3) is 0 Å². The number of cyclic esters (lactones) is 1. The molecule has 2 aliphatic rings. The van der Waals surface area contributed by atoms with Crippen LogP contribution in [0.3, 0.4) is 0 Å². The first kappa shape index (κ1) is 22.7. The second-order valence-corrected chi connectivity index (χ2v) is 8.58. The lowest BCUT2D eigenvalue weighted by molar-refractivity contribution is 0.123. The molecule has 0 aromatic heterocycles. The van der Waals surface area contributed by atoms with Gasteiger partial charge >= 0.3 is 12.2 Å². The van der Waals surface area contributed by atoms with Crippen LogP contribution in [0.1, 0.15) is 39.5 Å². The summed E-state index contributed by atoms with van der Waals surface area (Å²) in [4.78, 5) is 26.7. The van der Waals surface area contributed by atoms with Gasteiger partial charge < -0.3 is 20.1 Å². The van der Waals surface area contributed by atoms with Crippen LogP contribution in [0.2, 0.25) is 0 Å². The molecule has 2 unspecified atom stereocenters. The highest BCUT2D eigenvalue weighted by Gasteiger charge is 2.35. The zero-order chi connectivity index (χ0) is 22.5. The fraction of sp³-hybridized carbons (Fsp3) is 0.591. The lowest BCUT2D eigenvalue weighted by Crippen LogP contribution is -2.40. The number of hydrogen-bond donors (Lipinski definition) is 2. The molecule has 0 saturated carbocycles. The zero-order valence-electron chi connectivity index (χ0n) is 17.9. The van der Waals surface area contributed by atoms with Crippen LogP contribution in [0.4, 0.5) is 25.4 Å². The van der Waals surface area contributed by atoms with Gasteiger partial charge in [-0.2, -0.15) is 5.26 Å². The molecule has 2 N–H and O–H groups in total. The highest BCUT2D eigenvalue weighted by Crippen LogP contribution is 2.31. The maximum Gasteiger partial charge on any atom is 0.414 e. The van der Waals surface area contributed by atoms with Crippen LogP contribution in [0.25, 0.3) is 0 Å². The highest BCUT2D eigenvalue weighted by atomic mass is 19.1. The number of nitrogens with one attached hydrogen (secondary N) is 1.